The predicted octanol–water partition coefficient (Wildman–Crippen LogP) is 4.54. The monoisotopic (exact) mass is 501 g/mol. The minimum Gasteiger partial charge on any atom is -0.496 e. The lowest BCUT2D eigenvalue weighted by Crippen LogP contribution is -2.38. The maximum Gasteiger partial charge on any atom is 0.257 e. The van der Waals surface area contributed by atoms with Gasteiger partial charge in [-0.3, -0.25) is 14.5 Å². The van der Waals surface area contributed by atoms with Crippen LogP contribution < -0.4 is 10.1 Å². The highest BCUT2D eigenvalue weighted by molar-refractivity contribution is 5.97. The van der Waals surface area contributed by atoms with Gasteiger partial charge >= 0.3 is 0 Å². The number of hydrogen-bond acceptors (Lipinski definition) is 4. The molecule has 0 bridgehead atoms. The smallest absolute Gasteiger partial charge is 0.257 e. The van der Waals surface area contributed by atoms with Crippen LogP contribution in [0.4, 0.5) is 4.39 Å². The third-order valence-electron chi connectivity index (χ3n) is 7.26. The first-order valence-corrected chi connectivity index (χ1v) is 12.8. The van der Waals surface area contributed by atoms with Gasteiger partial charge in [-0.05, 0) is 65.9 Å². The summed E-state index contributed by atoms with van der Waals surface area (Å²) in [6, 6.07) is 18.3. The van der Waals surface area contributed by atoms with E-state index in [2.05, 4.69) is 16.3 Å². The van der Waals surface area contributed by atoms with Gasteiger partial charge in [-0.1, -0.05) is 35.9 Å². The van der Waals surface area contributed by atoms with Crippen molar-refractivity contribution in [2.75, 3.05) is 33.3 Å². The number of halogens is 1. The number of carbonyl (C=O) groups excluding carboxylic acids is 2. The molecular weight excluding hydrogens is 469 g/mol. The van der Waals surface area contributed by atoms with Gasteiger partial charge in [-0.25, -0.2) is 4.39 Å². The SMILES string of the molecule is COc1ccccc1C(=O)N1CCC(=CC(=O)NC2CCN(Cc3ccc4cc(F)ccc4c3)C2)CC1. The zero-order valence-electron chi connectivity index (χ0n) is 21.1. The lowest BCUT2D eigenvalue weighted by atomic mass is 10.0. The van der Waals surface area contributed by atoms with Crippen molar-refractivity contribution in [2.24, 2.45) is 0 Å². The maximum absolute atomic E-state index is 13.4. The summed E-state index contributed by atoms with van der Waals surface area (Å²) in [7, 11) is 1.57. The highest BCUT2D eigenvalue weighted by Gasteiger charge is 2.25. The van der Waals surface area contributed by atoms with E-state index in [9.17, 15) is 14.0 Å². The summed E-state index contributed by atoms with van der Waals surface area (Å²) >= 11 is 0. The number of fused-ring (bicyclic) bond motifs is 1. The molecule has 1 unspecified atom stereocenters. The molecule has 0 aromatic heterocycles. The summed E-state index contributed by atoms with van der Waals surface area (Å²) in [5.41, 5.74) is 2.82. The zero-order valence-corrected chi connectivity index (χ0v) is 21.1. The van der Waals surface area contributed by atoms with Gasteiger partial charge in [-0.2, -0.15) is 0 Å². The number of nitrogens with one attached hydrogen (secondary N) is 1. The fourth-order valence-corrected chi connectivity index (χ4v) is 5.28. The van der Waals surface area contributed by atoms with E-state index in [0.29, 0.717) is 37.2 Å². The number of ether oxygens (including phenoxy) is 1. The molecule has 0 saturated carbocycles. The van der Waals surface area contributed by atoms with Crippen LogP contribution in [0.1, 0.15) is 35.2 Å². The van der Waals surface area contributed by atoms with E-state index in [4.69, 9.17) is 4.74 Å². The molecule has 2 aliphatic heterocycles. The number of piperidine rings is 1. The number of hydrogen-bond donors (Lipinski definition) is 1. The molecule has 0 spiro atoms. The first-order valence-electron chi connectivity index (χ1n) is 12.8. The molecule has 3 aromatic carbocycles. The molecule has 5 rings (SSSR count). The van der Waals surface area contributed by atoms with Crippen LogP contribution in [0.3, 0.4) is 0 Å². The summed E-state index contributed by atoms with van der Waals surface area (Å²) in [5.74, 6) is 0.264. The Balaban J connectivity index is 1.10. The van der Waals surface area contributed by atoms with E-state index >= 15 is 0 Å². The number of para-hydroxylation sites is 1. The molecule has 3 aromatic rings. The lowest BCUT2D eigenvalue weighted by molar-refractivity contribution is -0.117. The molecule has 2 aliphatic rings. The maximum atomic E-state index is 13.4. The molecule has 1 N–H and O–H groups in total. The van der Waals surface area contributed by atoms with Gasteiger partial charge in [0.15, 0.2) is 0 Å². The van der Waals surface area contributed by atoms with Crippen LogP contribution in [0.2, 0.25) is 0 Å². The summed E-state index contributed by atoms with van der Waals surface area (Å²) in [5, 5.41) is 5.09. The number of rotatable bonds is 6. The van der Waals surface area contributed by atoms with Gasteiger partial charge in [0.1, 0.15) is 11.6 Å². The minimum absolute atomic E-state index is 0.0365. The van der Waals surface area contributed by atoms with Crippen LogP contribution >= 0.6 is 0 Å². The lowest BCUT2D eigenvalue weighted by Gasteiger charge is -2.29. The van der Waals surface area contributed by atoms with Crippen molar-refractivity contribution >= 4 is 22.6 Å². The Morgan fingerprint density at radius 1 is 1.03 bits per heavy atom. The predicted molar refractivity (Wildman–Crippen MR) is 142 cm³/mol. The van der Waals surface area contributed by atoms with Gasteiger partial charge in [-0.15, -0.1) is 0 Å². The fourth-order valence-electron chi connectivity index (χ4n) is 5.28. The van der Waals surface area contributed by atoms with Crippen LogP contribution in [0, 0.1) is 5.82 Å². The van der Waals surface area contributed by atoms with Gasteiger partial charge in [0.25, 0.3) is 5.91 Å². The number of amides is 2. The molecule has 37 heavy (non-hydrogen) atoms. The Bertz CT molecular complexity index is 1330. The first-order chi connectivity index (χ1) is 18.0. The first kappa shape index (κ1) is 25.0. The average Bonchev–Trinajstić information content (AvgIpc) is 3.35. The Morgan fingerprint density at radius 3 is 2.59 bits per heavy atom. The fraction of sp³-hybridized carbons (Fsp3) is 0.333. The van der Waals surface area contributed by atoms with Crippen molar-refractivity contribution in [2.45, 2.75) is 31.8 Å². The van der Waals surface area contributed by atoms with Crippen molar-refractivity contribution in [1.29, 1.82) is 0 Å². The Kier molecular flexibility index (Phi) is 7.51. The van der Waals surface area contributed by atoms with Crippen LogP contribution in [-0.2, 0) is 11.3 Å². The third kappa shape index (κ3) is 6.00. The van der Waals surface area contributed by atoms with Gasteiger partial charge in [0.05, 0.1) is 12.7 Å². The summed E-state index contributed by atoms with van der Waals surface area (Å²) in [6.45, 7) is 3.70. The number of carbonyl (C=O) groups is 2. The molecule has 1 atom stereocenters. The average molecular weight is 502 g/mol. The van der Waals surface area contributed by atoms with Crippen molar-refractivity contribution in [3.63, 3.8) is 0 Å². The van der Waals surface area contributed by atoms with Gasteiger partial charge < -0.3 is 15.0 Å². The Labute approximate surface area is 216 Å². The summed E-state index contributed by atoms with van der Waals surface area (Å²) in [6.07, 6.45) is 4.01. The van der Waals surface area contributed by atoms with Crippen LogP contribution in [0.5, 0.6) is 5.75 Å². The van der Waals surface area contributed by atoms with E-state index < -0.39 is 0 Å². The van der Waals surface area contributed by atoms with E-state index in [1.807, 2.05) is 35.2 Å². The second-order valence-electron chi connectivity index (χ2n) is 9.85. The molecule has 192 valence electrons. The molecule has 0 aliphatic carbocycles. The highest BCUT2D eigenvalue weighted by Crippen LogP contribution is 2.24. The van der Waals surface area contributed by atoms with E-state index in [1.165, 1.54) is 11.6 Å². The van der Waals surface area contributed by atoms with Crippen LogP contribution in [-0.4, -0.2) is 60.9 Å². The molecule has 2 heterocycles. The van der Waals surface area contributed by atoms with E-state index in [0.717, 1.165) is 42.4 Å². The summed E-state index contributed by atoms with van der Waals surface area (Å²) in [4.78, 5) is 29.8. The molecular formula is C30H32FN3O3. The zero-order chi connectivity index (χ0) is 25.8. The quantitative estimate of drug-likeness (QED) is 0.504. The second kappa shape index (κ2) is 11.1. The number of methoxy groups -OCH3 is 1. The van der Waals surface area contributed by atoms with E-state index in [1.54, 1.807) is 31.4 Å². The van der Waals surface area contributed by atoms with Gasteiger partial charge in [0, 0.05) is 44.8 Å². The number of likely N-dealkylation sites (tertiary alicyclic amines) is 2. The van der Waals surface area contributed by atoms with Crippen LogP contribution in [0.25, 0.3) is 10.8 Å². The highest BCUT2D eigenvalue weighted by atomic mass is 19.1. The Morgan fingerprint density at radius 2 is 1.78 bits per heavy atom. The molecule has 7 heteroatoms. The van der Waals surface area contributed by atoms with Crippen molar-refractivity contribution in [3.05, 3.63) is 89.3 Å². The summed E-state index contributed by atoms with van der Waals surface area (Å²) < 4.78 is 18.8. The van der Waals surface area contributed by atoms with Crippen molar-refractivity contribution in [3.8, 4) is 5.75 Å². The van der Waals surface area contributed by atoms with E-state index in [-0.39, 0.29) is 23.7 Å². The standard InChI is InChI=1S/C30H32FN3O3/c1-37-28-5-3-2-4-27(28)30(36)34-14-10-21(11-15-34)17-29(35)32-26-12-13-33(20-26)19-22-6-7-24-18-25(31)9-8-23(24)16-22/h2-9,16-18,26H,10-15,19-20H2,1H3,(H,32,35). The van der Waals surface area contributed by atoms with Crippen molar-refractivity contribution < 1.29 is 18.7 Å². The third-order valence-corrected chi connectivity index (χ3v) is 7.26. The topological polar surface area (TPSA) is 61.9 Å². The van der Waals surface area contributed by atoms with Gasteiger partial charge in [0.2, 0.25) is 5.91 Å². The molecule has 2 amide bonds. The van der Waals surface area contributed by atoms with Crippen LogP contribution in [0.15, 0.2) is 72.3 Å². The number of nitrogens with zero attached hydrogens (tertiary/aromatic N) is 2. The Hall–Kier alpha value is -3.71. The number of benzene rings is 3. The molecule has 2 saturated heterocycles. The molecule has 6 nitrogen and oxygen atoms in total. The molecule has 0 radical (unpaired) electrons. The minimum atomic E-state index is -0.222. The normalized spacial score (nSPS) is 18.2. The largest absolute Gasteiger partial charge is 0.496 e. The second-order valence-corrected chi connectivity index (χ2v) is 9.85. The van der Waals surface area contributed by atoms with Crippen molar-refractivity contribution in [1.82, 2.24) is 15.1 Å². The molecule has 2 fully saturated rings.